The van der Waals surface area contributed by atoms with Crippen molar-refractivity contribution < 1.29 is 0 Å². The third kappa shape index (κ3) is 2.35. The van der Waals surface area contributed by atoms with Crippen molar-refractivity contribution in [3.63, 3.8) is 0 Å². The maximum absolute atomic E-state index is 4.27. The minimum atomic E-state index is 0.717. The molecule has 1 aromatic heterocycles. The maximum Gasteiger partial charge on any atom is 0.138 e. The molecule has 1 aliphatic rings. The van der Waals surface area contributed by atoms with E-state index in [4.69, 9.17) is 0 Å². The largest absolute Gasteiger partial charge is 0.253 e. The number of aryl methyl sites for hydroxylation is 1. The lowest BCUT2D eigenvalue weighted by Crippen LogP contribution is -2.18. The van der Waals surface area contributed by atoms with E-state index in [0.717, 1.165) is 23.0 Å². The van der Waals surface area contributed by atoms with Gasteiger partial charge in [0.2, 0.25) is 0 Å². The van der Waals surface area contributed by atoms with Gasteiger partial charge >= 0.3 is 0 Å². The van der Waals surface area contributed by atoms with E-state index < -0.39 is 0 Å². The molecule has 0 bridgehead atoms. The SMILES string of the molecule is Cn1ncnc1CC1CCCC(Br)C1. The summed E-state index contributed by atoms with van der Waals surface area (Å²) < 4.78 is 1.89. The highest BCUT2D eigenvalue weighted by molar-refractivity contribution is 9.09. The second-order valence-electron chi connectivity index (χ2n) is 4.13. The van der Waals surface area contributed by atoms with Crippen molar-refractivity contribution in [1.29, 1.82) is 0 Å². The van der Waals surface area contributed by atoms with Crippen molar-refractivity contribution >= 4 is 15.9 Å². The Morgan fingerprint density at radius 3 is 3.07 bits per heavy atom. The van der Waals surface area contributed by atoms with Gasteiger partial charge in [-0.05, 0) is 25.2 Å². The Labute approximate surface area is 93.0 Å². The molecule has 78 valence electrons. The Morgan fingerprint density at radius 1 is 1.57 bits per heavy atom. The Balaban J connectivity index is 1.94. The molecule has 3 nitrogen and oxygen atoms in total. The van der Waals surface area contributed by atoms with Crippen LogP contribution >= 0.6 is 15.9 Å². The van der Waals surface area contributed by atoms with Gasteiger partial charge in [0, 0.05) is 18.3 Å². The third-order valence-corrected chi connectivity index (χ3v) is 3.83. The molecule has 1 aromatic rings. The number of aromatic nitrogens is 3. The van der Waals surface area contributed by atoms with E-state index in [1.165, 1.54) is 25.7 Å². The van der Waals surface area contributed by atoms with E-state index in [2.05, 4.69) is 26.0 Å². The number of halogens is 1. The standard InChI is InChI=1S/C10H16BrN3/c1-14-10(12-7-13-14)6-8-3-2-4-9(11)5-8/h7-9H,2-6H2,1H3. The highest BCUT2D eigenvalue weighted by atomic mass is 79.9. The van der Waals surface area contributed by atoms with Crippen molar-refractivity contribution in [1.82, 2.24) is 14.8 Å². The molecule has 2 rings (SSSR count). The second kappa shape index (κ2) is 4.43. The van der Waals surface area contributed by atoms with Gasteiger partial charge in [-0.25, -0.2) is 4.98 Å². The van der Waals surface area contributed by atoms with Crippen LogP contribution < -0.4 is 0 Å². The first-order valence-corrected chi connectivity index (χ1v) is 6.14. The maximum atomic E-state index is 4.27. The summed E-state index contributed by atoms with van der Waals surface area (Å²) in [6.07, 6.45) is 8.03. The quantitative estimate of drug-likeness (QED) is 0.762. The molecule has 0 aromatic carbocycles. The van der Waals surface area contributed by atoms with Crippen molar-refractivity contribution in [2.75, 3.05) is 0 Å². The molecule has 0 radical (unpaired) electrons. The summed E-state index contributed by atoms with van der Waals surface area (Å²) in [6.45, 7) is 0. The highest BCUT2D eigenvalue weighted by Crippen LogP contribution is 2.30. The lowest BCUT2D eigenvalue weighted by molar-refractivity contribution is 0.358. The summed E-state index contributed by atoms with van der Waals surface area (Å²) in [5, 5.41) is 4.09. The number of rotatable bonds is 2. The molecular formula is C10H16BrN3. The van der Waals surface area contributed by atoms with E-state index in [0.29, 0.717) is 0 Å². The van der Waals surface area contributed by atoms with Crippen LogP contribution in [0.4, 0.5) is 0 Å². The molecule has 0 spiro atoms. The zero-order valence-electron chi connectivity index (χ0n) is 8.49. The Bertz CT molecular complexity index is 297. The van der Waals surface area contributed by atoms with Crippen LogP contribution in [0.2, 0.25) is 0 Å². The fraction of sp³-hybridized carbons (Fsp3) is 0.800. The lowest BCUT2D eigenvalue weighted by atomic mass is 9.87. The van der Waals surface area contributed by atoms with Crippen LogP contribution in [-0.4, -0.2) is 19.6 Å². The van der Waals surface area contributed by atoms with Crippen molar-refractivity contribution in [3.8, 4) is 0 Å². The van der Waals surface area contributed by atoms with Gasteiger partial charge in [-0.15, -0.1) is 0 Å². The molecule has 0 saturated heterocycles. The molecule has 1 fully saturated rings. The van der Waals surface area contributed by atoms with E-state index in [1.54, 1.807) is 6.33 Å². The molecular weight excluding hydrogens is 242 g/mol. The molecule has 0 N–H and O–H groups in total. The summed E-state index contributed by atoms with van der Waals surface area (Å²) in [5.74, 6) is 1.91. The highest BCUT2D eigenvalue weighted by Gasteiger charge is 2.21. The average molecular weight is 258 g/mol. The van der Waals surface area contributed by atoms with Crippen LogP contribution in [0.5, 0.6) is 0 Å². The summed E-state index contributed by atoms with van der Waals surface area (Å²) in [7, 11) is 1.97. The van der Waals surface area contributed by atoms with E-state index in [1.807, 2.05) is 11.7 Å². The molecule has 1 heterocycles. The van der Waals surface area contributed by atoms with Gasteiger partial charge in [0.25, 0.3) is 0 Å². The number of hydrogen-bond acceptors (Lipinski definition) is 2. The lowest BCUT2D eigenvalue weighted by Gasteiger charge is -2.25. The van der Waals surface area contributed by atoms with Gasteiger partial charge in [-0.1, -0.05) is 22.4 Å². The van der Waals surface area contributed by atoms with Gasteiger partial charge in [-0.2, -0.15) is 5.10 Å². The topological polar surface area (TPSA) is 30.7 Å². The monoisotopic (exact) mass is 257 g/mol. The Hall–Kier alpha value is -0.380. The van der Waals surface area contributed by atoms with E-state index in [-0.39, 0.29) is 0 Å². The summed E-state index contributed by atoms with van der Waals surface area (Å²) >= 11 is 3.71. The van der Waals surface area contributed by atoms with E-state index >= 15 is 0 Å². The van der Waals surface area contributed by atoms with Gasteiger partial charge in [0.1, 0.15) is 12.2 Å². The number of nitrogens with zero attached hydrogens (tertiary/aromatic N) is 3. The predicted octanol–water partition coefficient (Wildman–Crippen LogP) is 2.31. The van der Waals surface area contributed by atoms with E-state index in [9.17, 15) is 0 Å². The fourth-order valence-corrected chi connectivity index (χ4v) is 3.03. The summed E-state index contributed by atoms with van der Waals surface area (Å²) in [6, 6.07) is 0. The molecule has 2 unspecified atom stereocenters. The van der Waals surface area contributed by atoms with Crippen molar-refractivity contribution in [2.45, 2.75) is 36.9 Å². The van der Waals surface area contributed by atoms with Crippen LogP contribution in [0.15, 0.2) is 6.33 Å². The fourth-order valence-electron chi connectivity index (χ4n) is 2.17. The molecule has 0 aliphatic heterocycles. The molecule has 4 heteroatoms. The molecule has 14 heavy (non-hydrogen) atoms. The van der Waals surface area contributed by atoms with Crippen LogP contribution in [0.1, 0.15) is 31.5 Å². The smallest absolute Gasteiger partial charge is 0.138 e. The average Bonchev–Trinajstić information content (AvgIpc) is 2.52. The third-order valence-electron chi connectivity index (χ3n) is 3.00. The first kappa shape index (κ1) is 10.1. The van der Waals surface area contributed by atoms with Gasteiger partial charge in [0.05, 0.1) is 0 Å². The second-order valence-corrected chi connectivity index (χ2v) is 5.43. The van der Waals surface area contributed by atoms with Gasteiger partial charge < -0.3 is 0 Å². The van der Waals surface area contributed by atoms with Crippen LogP contribution in [0.25, 0.3) is 0 Å². The van der Waals surface area contributed by atoms with Crippen molar-refractivity contribution in [3.05, 3.63) is 12.2 Å². The predicted molar refractivity (Wildman–Crippen MR) is 59.4 cm³/mol. The van der Waals surface area contributed by atoms with Gasteiger partial charge in [-0.3, -0.25) is 4.68 Å². The molecule has 2 atom stereocenters. The molecule has 0 amide bonds. The van der Waals surface area contributed by atoms with Crippen LogP contribution in [0.3, 0.4) is 0 Å². The molecule has 1 aliphatic carbocycles. The minimum absolute atomic E-state index is 0.717. The number of hydrogen-bond donors (Lipinski definition) is 0. The first-order chi connectivity index (χ1) is 6.75. The first-order valence-electron chi connectivity index (χ1n) is 5.22. The zero-order valence-corrected chi connectivity index (χ0v) is 10.1. The molecule has 1 saturated carbocycles. The van der Waals surface area contributed by atoms with Crippen LogP contribution in [0, 0.1) is 5.92 Å². The summed E-state index contributed by atoms with van der Waals surface area (Å²) in [5.41, 5.74) is 0. The minimum Gasteiger partial charge on any atom is -0.253 e. The Morgan fingerprint density at radius 2 is 2.43 bits per heavy atom. The van der Waals surface area contributed by atoms with Crippen LogP contribution in [-0.2, 0) is 13.5 Å². The Kier molecular flexibility index (Phi) is 3.21. The zero-order chi connectivity index (χ0) is 9.97. The van der Waals surface area contributed by atoms with Gasteiger partial charge in [0.15, 0.2) is 0 Å². The normalized spacial score (nSPS) is 27.9. The number of alkyl halides is 1. The summed E-state index contributed by atoms with van der Waals surface area (Å²) in [4.78, 5) is 4.99. The van der Waals surface area contributed by atoms with Crippen molar-refractivity contribution in [2.24, 2.45) is 13.0 Å².